The molecule has 1 fully saturated rings. The van der Waals surface area contributed by atoms with E-state index in [4.69, 9.17) is 16.7 Å². The van der Waals surface area contributed by atoms with Crippen LogP contribution in [0, 0.1) is 5.92 Å². The Hall–Kier alpha value is -1.29. The summed E-state index contributed by atoms with van der Waals surface area (Å²) < 4.78 is 0. The van der Waals surface area contributed by atoms with E-state index in [1.54, 1.807) is 0 Å². The van der Waals surface area contributed by atoms with Gasteiger partial charge < -0.3 is 10.4 Å². The topological polar surface area (TPSA) is 62.2 Å². The largest absolute Gasteiger partial charge is 0.478 e. The summed E-state index contributed by atoms with van der Waals surface area (Å²) in [5, 5.41) is 12.1. The van der Waals surface area contributed by atoms with Gasteiger partial charge in [-0.3, -0.25) is 0 Å². The van der Waals surface area contributed by atoms with Crippen molar-refractivity contribution in [1.82, 2.24) is 4.98 Å². The molecular weight excluding hydrogens is 216 g/mol. The Balaban J connectivity index is 2.14. The average Bonchev–Trinajstić information content (AvgIpc) is 2.99. The van der Waals surface area contributed by atoms with Crippen molar-refractivity contribution < 1.29 is 9.90 Å². The van der Waals surface area contributed by atoms with Gasteiger partial charge in [0, 0.05) is 12.7 Å². The molecule has 80 valence electrons. The molecule has 15 heavy (non-hydrogen) atoms. The van der Waals surface area contributed by atoms with E-state index in [-0.39, 0.29) is 10.6 Å². The number of carboxylic acid groups (broad SMARTS) is 1. The number of carbonyl (C=O) groups is 1. The zero-order chi connectivity index (χ0) is 10.8. The van der Waals surface area contributed by atoms with Gasteiger partial charge in [0.1, 0.15) is 5.82 Å². The Labute approximate surface area is 92.3 Å². The first-order chi connectivity index (χ1) is 7.18. The summed E-state index contributed by atoms with van der Waals surface area (Å²) in [7, 11) is 0. The third-order valence-corrected chi connectivity index (χ3v) is 2.76. The summed E-state index contributed by atoms with van der Waals surface area (Å²) in [5.41, 5.74) is 0.0879. The molecule has 1 aliphatic rings. The summed E-state index contributed by atoms with van der Waals surface area (Å²) in [6, 6.07) is 1.40. The number of pyridine rings is 1. The van der Waals surface area contributed by atoms with Crippen molar-refractivity contribution in [1.29, 1.82) is 0 Å². The van der Waals surface area contributed by atoms with Crippen LogP contribution < -0.4 is 5.32 Å². The van der Waals surface area contributed by atoms with E-state index in [1.165, 1.54) is 25.1 Å². The summed E-state index contributed by atoms with van der Waals surface area (Å²) in [4.78, 5) is 14.8. The molecule has 1 aromatic rings. The van der Waals surface area contributed by atoms with E-state index in [1.807, 2.05) is 0 Å². The van der Waals surface area contributed by atoms with Crippen LogP contribution in [0.2, 0.25) is 5.02 Å². The second-order valence-electron chi connectivity index (χ2n) is 3.65. The maximum atomic E-state index is 10.8. The van der Waals surface area contributed by atoms with Crippen LogP contribution in [0.25, 0.3) is 0 Å². The van der Waals surface area contributed by atoms with Crippen molar-refractivity contribution >= 4 is 23.4 Å². The summed E-state index contributed by atoms with van der Waals surface area (Å²) >= 11 is 5.90. The highest BCUT2D eigenvalue weighted by Crippen LogP contribution is 2.30. The fourth-order valence-electron chi connectivity index (χ4n) is 1.30. The van der Waals surface area contributed by atoms with Crippen LogP contribution in [-0.2, 0) is 0 Å². The molecule has 0 aromatic carbocycles. The number of anilines is 1. The molecule has 0 unspecified atom stereocenters. The molecule has 4 nitrogen and oxygen atoms in total. The second kappa shape index (κ2) is 4.06. The smallest absolute Gasteiger partial charge is 0.337 e. The van der Waals surface area contributed by atoms with Crippen LogP contribution in [0.1, 0.15) is 23.2 Å². The Bertz CT molecular complexity index is 391. The van der Waals surface area contributed by atoms with Gasteiger partial charge in [0.25, 0.3) is 0 Å². The van der Waals surface area contributed by atoms with E-state index in [0.29, 0.717) is 11.7 Å². The zero-order valence-corrected chi connectivity index (χ0v) is 8.79. The molecule has 5 heteroatoms. The van der Waals surface area contributed by atoms with Crippen molar-refractivity contribution in [3.05, 3.63) is 22.8 Å². The molecule has 1 heterocycles. The summed E-state index contributed by atoms with van der Waals surface area (Å²) in [6.07, 6.45) is 3.90. The van der Waals surface area contributed by atoms with E-state index in [0.717, 1.165) is 6.54 Å². The lowest BCUT2D eigenvalue weighted by Gasteiger charge is -2.07. The normalized spacial score (nSPS) is 15.0. The van der Waals surface area contributed by atoms with Crippen molar-refractivity contribution in [3.63, 3.8) is 0 Å². The van der Waals surface area contributed by atoms with Crippen molar-refractivity contribution in [2.75, 3.05) is 11.9 Å². The highest BCUT2D eigenvalue weighted by molar-refractivity contribution is 6.35. The van der Waals surface area contributed by atoms with E-state index in [9.17, 15) is 4.79 Å². The maximum absolute atomic E-state index is 10.8. The standard InChI is InChI=1S/C10H11ClN2O2/c11-8-7(10(14)15)3-4-12-9(8)13-5-6-1-2-6/h3-4,6H,1-2,5H2,(H,12,13)(H,14,15). The van der Waals surface area contributed by atoms with Crippen LogP contribution in [0.4, 0.5) is 5.82 Å². The Kier molecular flexibility index (Phi) is 2.77. The van der Waals surface area contributed by atoms with Gasteiger partial charge in [0.05, 0.1) is 10.6 Å². The van der Waals surface area contributed by atoms with Gasteiger partial charge in [-0.2, -0.15) is 0 Å². The first-order valence-electron chi connectivity index (χ1n) is 4.80. The molecule has 0 aliphatic heterocycles. The number of nitrogens with one attached hydrogen (secondary N) is 1. The maximum Gasteiger partial charge on any atom is 0.337 e. The van der Waals surface area contributed by atoms with Crippen molar-refractivity contribution in [2.24, 2.45) is 5.92 Å². The van der Waals surface area contributed by atoms with Crippen LogP contribution >= 0.6 is 11.6 Å². The van der Waals surface area contributed by atoms with Gasteiger partial charge in [-0.1, -0.05) is 11.6 Å². The Morgan fingerprint density at radius 1 is 1.67 bits per heavy atom. The van der Waals surface area contributed by atoms with Crippen LogP contribution in [0.3, 0.4) is 0 Å². The number of hydrogen-bond donors (Lipinski definition) is 2. The van der Waals surface area contributed by atoms with Crippen LogP contribution in [-0.4, -0.2) is 22.6 Å². The zero-order valence-electron chi connectivity index (χ0n) is 8.03. The Morgan fingerprint density at radius 3 is 3.00 bits per heavy atom. The van der Waals surface area contributed by atoms with Gasteiger partial charge in [-0.05, 0) is 24.8 Å². The summed E-state index contributed by atoms with van der Waals surface area (Å²) in [6.45, 7) is 0.815. The molecule has 1 saturated carbocycles. The molecule has 0 atom stereocenters. The SMILES string of the molecule is O=C(O)c1ccnc(NCC2CC2)c1Cl. The molecule has 1 aliphatic carbocycles. The van der Waals surface area contributed by atoms with Gasteiger partial charge in [-0.15, -0.1) is 0 Å². The lowest BCUT2D eigenvalue weighted by Crippen LogP contribution is -2.08. The van der Waals surface area contributed by atoms with E-state index < -0.39 is 5.97 Å². The first-order valence-corrected chi connectivity index (χ1v) is 5.18. The highest BCUT2D eigenvalue weighted by Gasteiger charge is 2.21. The fraction of sp³-hybridized carbons (Fsp3) is 0.400. The highest BCUT2D eigenvalue weighted by atomic mass is 35.5. The third-order valence-electron chi connectivity index (χ3n) is 2.37. The number of rotatable bonds is 4. The number of halogens is 1. The molecule has 0 radical (unpaired) electrons. The molecule has 0 spiro atoms. The quantitative estimate of drug-likeness (QED) is 0.827. The number of aromatic carboxylic acids is 1. The Morgan fingerprint density at radius 2 is 2.40 bits per heavy atom. The molecule has 0 bridgehead atoms. The first kappa shape index (κ1) is 10.2. The average molecular weight is 227 g/mol. The second-order valence-corrected chi connectivity index (χ2v) is 4.03. The lowest BCUT2D eigenvalue weighted by molar-refractivity contribution is 0.0697. The molecule has 0 amide bonds. The lowest BCUT2D eigenvalue weighted by atomic mass is 10.2. The molecule has 1 aromatic heterocycles. The van der Waals surface area contributed by atoms with Crippen molar-refractivity contribution in [2.45, 2.75) is 12.8 Å². The van der Waals surface area contributed by atoms with Crippen molar-refractivity contribution in [3.8, 4) is 0 Å². The fourth-order valence-corrected chi connectivity index (χ4v) is 1.55. The monoisotopic (exact) mass is 226 g/mol. The molecule has 2 N–H and O–H groups in total. The van der Waals surface area contributed by atoms with Gasteiger partial charge in [0.2, 0.25) is 0 Å². The van der Waals surface area contributed by atoms with Gasteiger partial charge in [0.15, 0.2) is 0 Å². The predicted molar refractivity (Wildman–Crippen MR) is 57.4 cm³/mol. The number of carboxylic acids is 1. The number of aromatic nitrogens is 1. The molecule has 0 saturated heterocycles. The minimum absolute atomic E-state index is 0.0879. The number of hydrogen-bond acceptors (Lipinski definition) is 3. The minimum atomic E-state index is -1.03. The molecular formula is C10H11ClN2O2. The van der Waals surface area contributed by atoms with Crippen LogP contribution in [0.5, 0.6) is 0 Å². The van der Waals surface area contributed by atoms with E-state index >= 15 is 0 Å². The third kappa shape index (κ3) is 2.39. The minimum Gasteiger partial charge on any atom is -0.478 e. The summed E-state index contributed by atoms with van der Waals surface area (Å²) in [5.74, 6) is 0.122. The van der Waals surface area contributed by atoms with Crippen LogP contribution in [0.15, 0.2) is 12.3 Å². The number of nitrogens with zero attached hydrogens (tertiary/aromatic N) is 1. The predicted octanol–water partition coefficient (Wildman–Crippen LogP) is 2.26. The molecule has 2 rings (SSSR count). The van der Waals surface area contributed by atoms with Gasteiger partial charge in [-0.25, -0.2) is 9.78 Å². The van der Waals surface area contributed by atoms with Gasteiger partial charge >= 0.3 is 5.97 Å². The van der Waals surface area contributed by atoms with E-state index in [2.05, 4.69) is 10.3 Å².